The van der Waals surface area contributed by atoms with Gasteiger partial charge in [-0.15, -0.1) is 0 Å². The SMILES string of the molecule is Cc1ccc2c(c1)[Si](C)(C)c1cc(C)ccc1N2c1cc2c3ccccc3n3c4ccccc4c(c1)c23. The second-order valence-corrected chi connectivity index (χ2v) is 15.6. The average Bonchev–Trinajstić information content (AvgIpc) is 3.41. The Morgan fingerprint density at radius 3 is 1.54 bits per heavy atom. The molecule has 178 valence electrons. The second-order valence-electron chi connectivity index (χ2n) is 11.3. The number of rotatable bonds is 1. The van der Waals surface area contributed by atoms with Crippen molar-refractivity contribution in [3.63, 3.8) is 0 Å². The average molecular weight is 493 g/mol. The topological polar surface area (TPSA) is 7.65 Å². The van der Waals surface area contributed by atoms with E-state index in [0.717, 1.165) is 0 Å². The van der Waals surface area contributed by atoms with Crippen molar-refractivity contribution in [2.24, 2.45) is 0 Å². The Morgan fingerprint density at radius 1 is 0.541 bits per heavy atom. The monoisotopic (exact) mass is 492 g/mol. The van der Waals surface area contributed by atoms with E-state index in [1.54, 1.807) is 0 Å². The van der Waals surface area contributed by atoms with Crippen LogP contribution in [0, 0.1) is 13.8 Å². The van der Waals surface area contributed by atoms with Gasteiger partial charge in [0, 0.05) is 38.6 Å². The quantitative estimate of drug-likeness (QED) is 0.210. The summed E-state index contributed by atoms with van der Waals surface area (Å²) in [5, 5.41) is 8.31. The number of hydrogen-bond donors (Lipinski definition) is 0. The lowest BCUT2D eigenvalue weighted by Gasteiger charge is -2.41. The molecule has 0 spiro atoms. The van der Waals surface area contributed by atoms with E-state index in [9.17, 15) is 0 Å². The van der Waals surface area contributed by atoms with Gasteiger partial charge in [0.25, 0.3) is 0 Å². The number of nitrogens with zero attached hydrogens (tertiary/aromatic N) is 2. The molecule has 37 heavy (non-hydrogen) atoms. The van der Waals surface area contributed by atoms with Crippen LogP contribution in [0.3, 0.4) is 0 Å². The summed E-state index contributed by atoms with van der Waals surface area (Å²) in [6.07, 6.45) is 0. The zero-order chi connectivity index (χ0) is 25.1. The summed E-state index contributed by atoms with van der Waals surface area (Å²) in [6.45, 7) is 9.46. The Morgan fingerprint density at radius 2 is 1.03 bits per heavy atom. The first-order valence-electron chi connectivity index (χ1n) is 13.1. The summed E-state index contributed by atoms with van der Waals surface area (Å²) in [5.74, 6) is 0. The van der Waals surface area contributed by atoms with Crippen LogP contribution in [0.5, 0.6) is 0 Å². The van der Waals surface area contributed by atoms with Gasteiger partial charge < -0.3 is 9.30 Å². The van der Waals surface area contributed by atoms with Gasteiger partial charge in [0.1, 0.15) is 8.07 Å². The van der Waals surface area contributed by atoms with E-state index in [2.05, 4.69) is 133 Å². The van der Waals surface area contributed by atoms with Crippen LogP contribution in [0.25, 0.3) is 38.1 Å². The number of aromatic nitrogens is 1. The van der Waals surface area contributed by atoms with Gasteiger partial charge in [0.05, 0.1) is 16.6 Å². The fourth-order valence-corrected chi connectivity index (χ4v) is 9.95. The number of hydrogen-bond acceptors (Lipinski definition) is 1. The van der Waals surface area contributed by atoms with Gasteiger partial charge in [-0.05, 0) is 60.6 Å². The molecule has 2 aromatic heterocycles. The summed E-state index contributed by atoms with van der Waals surface area (Å²) in [4.78, 5) is 2.53. The van der Waals surface area contributed by atoms with Crippen molar-refractivity contribution in [2.45, 2.75) is 26.9 Å². The molecule has 0 radical (unpaired) electrons. The van der Waals surface area contributed by atoms with E-state index >= 15 is 0 Å². The number of anilines is 3. The van der Waals surface area contributed by atoms with Gasteiger partial charge in [-0.3, -0.25) is 0 Å². The van der Waals surface area contributed by atoms with E-state index in [1.807, 2.05) is 0 Å². The summed E-state index contributed by atoms with van der Waals surface area (Å²) in [7, 11) is -1.87. The number of aryl methyl sites for hydroxylation is 2. The van der Waals surface area contributed by atoms with Gasteiger partial charge in [-0.25, -0.2) is 0 Å². The fraction of sp³-hybridized carbons (Fsp3) is 0.118. The highest BCUT2D eigenvalue weighted by molar-refractivity contribution is 7.02. The molecule has 0 amide bonds. The largest absolute Gasteiger partial charge is 0.311 e. The molecule has 3 heterocycles. The Labute approximate surface area is 217 Å². The molecular weight excluding hydrogens is 464 g/mol. The number of para-hydroxylation sites is 2. The highest BCUT2D eigenvalue weighted by Gasteiger charge is 2.39. The van der Waals surface area contributed by atoms with Crippen molar-refractivity contribution in [2.75, 3.05) is 4.90 Å². The maximum atomic E-state index is 2.53. The molecule has 0 bridgehead atoms. The zero-order valence-corrected chi connectivity index (χ0v) is 22.6. The molecule has 3 heteroatoms. The molecule has 2 nitrogen and oxygen atoms in total. The minimum Gasteiger partial charge on any atom is -0.311 e. The summed E-state index contributed by atoms with van der Waals surface area (Å²) < 4.78 is 2.46. The predicted octanol–water partition coefficient (Wildman–Crippen LogP) is 8.06. The fourth-order valence-electron chi connectivity index (χ4n) is 6.81. The highest BCUT2D eigenvalue weighted by atomic mass is 28.3. The van der Waals surface area contributed by atoms with Gasteiger partial charge in [-0.1, -0.05) is 84.9 Å². The lowest BCUT2D eigenvalue weighted by molar-refractivity contribution is 1.28. The number of benzene rings is 5. The maximum Gasteiger partial charge on any atom is 0.117 e. The number of fused-ring (bicyclic) bond motifs is 8. The lowest BCUT2D eigenvalue weighted by Crippen LogP contribution is -2.58. The molecule has 0 fully saturated rings. The van der Waals surface area contributed by atoms with E-state index < -0.39 is 8.07 Å². The van der Waals surface area contributed by atoms with Crippen molar-refractivity contribution < 1.29 is 0 Å². The van der Waals surface area contributed by atoms with Crippen LogP contribution in [0.1, 0.15) is 11.1 Å². The third-order valence-electron chi connectivity index (χ3n) is 8.58. The van der Waals surface area contributed by atoms with Crippen LogP contribution in [-0.4, -0.2) is 12.5 Å². The molecule has 0 saturated carbocycles. The third-order valence-corrected chi connectivity index (χ3v) is 12.1. The van der Waals surface area contributed by atoms with Gasteiger partial charge in [0.15, 0.2) is 0 Å². The molecular formula is C34H28N2Si. The summed E-state index contributed by atoms with van der Waals surface area (Å²) >= 11 is 0. The van der Waals surface area contributed by atoms with Gasteiger partial charge in [0.2, 0.25) is 0 Å². The zero-order valence-electron chi connectivity index (χ0n) is 21.6. The van der Waals surface area contributed by atoms with Crippen molar-refractivity contribution in [3.8, 4) is 0 Å². The van der Waals surface area contributed by atoms with E-state index in [4.69, 9.17) is 0 Å². The summed E-state index contributed by atoms with van der Waals surface area (Å²) in [6, 6.07) is 36.7. The molecule has 0 atom stereocenters. The molecule has 1 aliphatic rings. The normalized spacial score (nSPS) is 14.6. The Kier molecular flexibility index (Phi) is 3.99. The first kappa shape index (κ1) is 21.0. The van der Waals surface area contributed by atoms with E-state index in [0.29, 0.717) is 0 Å². The van der Waals surface area contributed by atoms with Crippen LogP contribution >= 0.6 is 0 Å². The maximum absolute atomic E-state index is 2.53. The molecule has 8 rings (SSSR count). The smallest absolute Gasteiger partial charge is 0.117 e. The van der Waals surface area contributed by atoms with Crippen LogP contribution in [0.4, 0.5) is 17.1 Å². The van der Waals surface area contributed by atoms with E-state index in [1.165, 1.54) is 76.7 Å². The van der Waals surface area contributed by atoms with Crippen LogP contribution in [0.2, 0.25) is 13.1 Å². The standard InChI is InChI=1S/C34H28N2Si/c1-21-13-15-30-32(17-21)37(3,4)33-18-22(2)14-16-31(33)35(30)23-19-26-24-9-5-7-11-28(24)36-29-12-8-6-10-25(29)27(20-23)34(26)36/h5-20H,1-4H3. The van der Waals surface area contributed by atoms with Crippen LogP contribution in [0.15, 0.2) is 97.1 Å². The third kappa shape index (κ3) is 2.65. The lowest BCUT2D eigenvalue weighted by atomic mass is 10.0. The van der Waals surface area contributed by atoms with Gasteiger partial charge >= 0.3 is 0 Å². The van der Waals surface area contributed by atoms with Crippen LogP contribution < -0.4 is 15.3 Å². The van der Waals surface area contributed by atoms with Crippen molar-refractivity contribution >= 4 is 73.6 Å². The van der Waals surface area contributed by atoms with Gasteiger partial charge in [-0.2, -0.15) is 0 Å². The van der Waals surface area contributed by atoms with Crippen molar-refractivity contribution in [1.82, 2.24) is 4.40 Å². The molecule has 0 N–H and O–H groups in total. The molecule has 7 aromatic rings. The first-order chi connectivity index (χ1) is 17.9. The first-order valence-corrected chi connectivity index (χ1v) is 16.1. The highest BCUT2D eigenvalue weighted by Crippen LogP contribution is 2.45. The Bertz CT molecular complexity index is 1910. The minimum absolute atomic E-state index is 1.24. The second kappa shape index (κ2) is 7.02. The van der Waals surface area contributed by atoms with E-state index in [-0.39, 0.29) is 0 Å². The molecule has 5 aromatic carbocycles. The van der Waals surface area contributed by atoms with Crippen molar-refractivity contribution in [3.05, 3.63) is 108 Å². The molecule has 1 aliphatic heterocycles. The summed E-state index contributed by atoms with van der Waals surface area (Å²) in [5.41, 5.74) is 10.5. The molecule has 0 unspecified atom stereocenters. The Hall–Kier alpha value is -4.08. The predicted molar refractivity (Wildman–Crippen MR) is 162 cm³/mol. The Balaban J connectivity index is 1.53. The minimum atomic E-state index is -1.87. The molecule has 0 saturated heterocycles. The van der Waals surface area contributed by atoms with Crippen molar-refractivity contribution in [1.29, 1.82) is 0 Å². The van der Waals surface area contributed by atoms with Crippen LogP contribution in [-0.2, 0) is 0 Å². The molecule has 0 aliphatic carbocycles.